The molecule has 0 saturated carbocycles. The normalized spacial score (nSPS) is 18.7. The summed E-state index contributed by atoms with van der Waals surface area (Å²) < 4.78 is 13.0. The van der Waals surface area contributed by atoms with Crippen LogP contribution in [0, 0.1) is 5.82 Å². The lowest BCUT2D eigenvalue weighted by molar-refractivity contribution is -0.120. The van der Waals surface area contributed by atoms with Crippen molar-refractivity contribution in [2.75, 3.05) is 18.8 Å². The molecule has 5 nitrogen and oxygen atoms in total. The van der Waals surface area contributed by atoms with Crippen LogP contribution in [0.4, 0.5) is 10.1 Å². The van der Waals surface area contributed by atoms with Crippen LogP contribution in [0.5, 0.6) is 0 Å². The van der Waals surface area contributed by atoms with E-state index >= 15 is 0 Å². The largest absolute Gasteiger partial charge is 0.398 e. The fourth-order valence-electron chi connectivity index (χ4n) is 2.47. The van der Waals surface area contributed by atoms with Crippen LogP contribution in [0.3, 0.4) is 0 Å². The van der Waals surface area contributed by atoms with E-state index in [1.54, 1.807) is 4.90 Å². The van der Waals surface area contributed by atoms with Gasteiger partial charge in [0.05, 0.1) is 5.56 Å². The molecule has 0 radical (unpaired) electrons. The number of nitrogens with one attached hydrogen (secondary N) is 1. The second-order valence-corrected chi connectivity index (χ2v) is 5.02. The fraction of sp³-hybridized carbons (Fsp3) is 0.429. The number of nitrogens with zero attached hydrogens (tertiary/aromatic N) is 1. The van der Waals surface area contributed by atoms with E-state index in [1.807, 2.05) is 0 Å². The van der Waals surface area contributed by atoms with Gasteiger partial charge in [0.25, 0.3) is 5.91 Å². The van der Waals surface area contributed by atoms with Crippen LogP contribution in [0.2, 0.25) is 0 Å². The first-order chi connectivity index (χ1) is 9.47. The van der Waals surface area contributed by atoms with Gasteiger partial charge in [-0.2, -0.15) is 0 Å². The molecule has 1 atom stereocenters. The maximum atomic E-state index is 13.0. The van der Waals surface area contributed by atoms with Crippen molar-refractivity contribution in [2.24, 2.45) is 0 Å². The quantitative estimate of drug-likeness (QED) is 0.797. The van der Waals surface area contributed by atoms with E-state index in [0.29, 0.717) is 18.7 Å². The average Bonchev–Trinajstić information content (AvgIpc) is 2.37. The average molecular weight is 279 g/mol. The molecule has 20 heavy (non-hydrogen) atoms. The number of carbonyl (C=O) groups excluding carboxylic acids is 2. The summed E-state index contributed by atoms with van der Waals surface area (Å²) in [5.41, 5.74) is 6.12. The summed E-state index contributed by atoms with van der Waals surface area (Å²) in [6, 6.07) is 3.72. The van der Waals surface area contributed by atoms with Crippen LogP contribution < -0.4 is 11.1 Å². The van der Waals surface area contributed by atoms with Gasteiger partial charge in [-0.05, 0) is 31.0 Å². The summed E-state index contributed by atoms with van der Waals surface area (Å²) >= 11 is 0. The lowest BCUT2D eigenvalue weighted by atomic mass is 10.0. The third kappa shape index (κ3) is 3.26. The number of amides is 2. The molecule has 2 amide bonds. The smallest absolute Gasteiger partial charge is 0.256 e. The molecule has 0 bridgehead atoms. The molecule has 3 N–H and O–H groups in total. The SMILES string of the molecule is CC(=O)NC1CCCN(C(=O)c2ccc(F)cc2N)C1. The molecule has 2 rings (SSSR count). The molecule has 0 spiro atoms. The first-order valence-corrected chi connectivity index (χ1v) is 6.59. The number of rotatable bonds is 2. The molecule has 1 unspecified atom stereocenters. The zero-order chi connectivity index (χ0) is 14.7. The molecule has 108 valence electrons. The number of carbonyl (C=O) groups is 2. The Morgan fingerprint density at radius 1 is 1.45 bits per heavy atom. The monoisotopic (exact) mass is 279 g/mol. The highest BCUT2D eigenvalue weighted by Gasteiger charge is 2.25. The van der Waals surface area contributed by atoms with Gasteiger partial charge in [0, 0.05) is 31.7 Å². The minimum atomic E-state index is -0.464. The highest BCUT2D eigenvalue weighted by atomic mass is 19.1. The van der Waals surface area contributed by atoms with Gasteiger partial charge in [-0.1, -0.05) is 0 Å². The van der Waals surface area contributed by atoms with Crippen LogP contribution in [-0.2, 0) is 4.79 Å². The number of hydrogen-bond acceptors (Lipinski definition) is 3. The zero-order valence-electron chi connectivity index (χ0n) is 11.4. The summed E-state index contributed by atoms with van der Waals surface area (Å²) in [6.07, 6.45) is 1.67. The number of benzene rings is 1. The molecule has 0 aromatic heterocycles. The van der Waals surface area contributed by atoms with Gasteiger partial charge >= 0.3 is 0 Å². The van der Waals surface area contributed by atoms with Gasteiger partial charge in [-0.15, -0.1) is 0 Å². The number of halogens is 1. The van der Waals surface area contributed by atoms with E-state index < -0.39 is 5.82 Å². The summed E-state index contributed by atoms with van der Waals surface area (Å²) in [4.78, 5) is 25.1. The van der Waals surface area contributed by atoms with Crippen molar-refractivity contribution in [3.8, 4) is 0 Å². The maximum absolute atomic E-state index is 13.0. The van der Waals surface area contributed by atoms with Gasteiger partial charge in [-0.3, -0.25) is 9.59 Å². The van der Waals surface area contributed by atoms with Gasteiger partial charge in [0.15, 0.2) is 0 Å². The van der Waals surface area contributed by atoms with Crippen molar-refractivity contribution in [1.29, 1.82) is 0 Å². The lowest BCUT2D eigenvalue weighted by Gasteiger charge is -2.33. The van der Waals surface area contributed by atoms with Crippen molar-refractivity contribution in [3.63, 3.8) is 0 Å². The van der Waals surface area contributed by atoms with Crippen molar-refractivity contribution in [1.82, 2.24) is 10.2 Å². The van der Waals surface area contributed by atoms with Crippen LogP contribution in [0.25, 0.3) is 0 Å². The highest BCUT2D eigenvalue weighted by Crippen LogP contribution is 2.19. The predicted molar refractivity (Wildman–Crippen MR) is 73.6 cm³/mol. The van der Waals surface area contributed by atoms with E-state index in [4.69, 9.17) is 5.73 Å². The Labute approximate surface area is 116 Å². The fourth-order valence-corrected chi connectivity index (χ4v) is 2.47. The molecule has 1 fully saturated rings. The van der Waals surface area contributed by atoms with Crippen molar-refractivity contribution >= 4 is 17.5 Å². The third-order valence-electron chi connectivity index (χ3n) is 3.36. The van der Waals surface area contributed by atoms with E-state index in [9.17, 15) is 14.0 Å². The number of piperidine rings is 1. The molecule has 0 aliphatic carbocycles. The standard InChI is InChI=1S/C14H18FN3O2/c1-9(19)17-11-3-2-6-18(8-11)14(20)12-5-4-10(15)7-13(12)16/h4-5,7,11H,2-3,6,8,16H2,1H3,(H,17,19). The summed E-state index contributed by atoms with van der Waals surface area (Å²) in [7, 11) is 0. The Morgan fingerprint density at radius 2 is 2.20 bits per heavy atom. The number of nitrogen functional groups attached to an aromatic ring is 1. The van der Waals surface area contributed by atoms with Crippen LogP contribution in [-0.4, -0.2) is 35.8 Å². The Kier molecular flexibility index (Phi) is 4.22. The molecular formula is C14H18FN3O2. The summed E-state index contributed by atoms with van der Waals surface area (Å²) in [5, 5.41) is 2.82. The van der Waals surface area contributed by atoms with Gasteiger partial charge in [-0.25, -0.2) is 4.39 Å². The zero-order valence-corrected chi connectivity index (χ0v) is 11.4. The molecule has 1 aromatic carbocycles. The Hall–Kier alpha value is -2.11. The minimum Gasteiger partial charge on any atom is -0.398 e. The molecule has 1 saturated heterocycles. The summed E-state index contributed by atoms with van der Waals surface area (Å²) in [6.45, 7) is 2.53. The predicted octanol–water partition coefficient (Wildman–Crippen LogP) is 1.15. The number of hydrogen-bond donors (Lipinski definition) is 2. The first kappa shape index (κ1) is 14.3. The molecule has 6 heteroatoms. The molecule has 1 aliphatic rings. The van der Waals surface area contributed by atoms with Crippen molar-refractivity contribution in [2.45, 2.75) is 25.8 Å². The highest BCUT2D eigenvalue weighted by molar-refractivity contribution is 5.99. The third-order valence-corrected chi connectivity index (χ3v) is 3.36. The van der Waals surface area contributed by atoms with Gasteiger partial charge < -0.3 is 16.0 Å². The van der Waals surface area contributed by atoms with E-state index in [0.717, 1.165) is 18.9 Å². The second kappa shape index (κ2) is 5.90. The Morgan fingerprint density at radius 3 is 2.85 bits per heavy atom. The van der Waals surface area contributed by atoms with Gasteiger partial charge in [0.2, 0.25) is 5.91 Å². The Bertz CT molecular complexity index is 533. The number of anilines is 1. The number of nitrogens with two attached hydrogens (primary N) is 1. The first-order valence-electron chi connectivity index (χ1n) is 6.59. The topological polar surface area (TPSA) is 75.4 Å². The van der Waals surface area contributed by atoms with Crippen LogP contribution >= 0.6 is 0 Å². The maximum Gasteiger partial charge on any atom is 0.256 e. The van der Waals surface area contributed by atoms with E-state index in [-0.39, 0.29) is 23.5 Å². The second-order valence-electron chi connectivity index (χ2n) is 5.02. The van der Waals surface area contributed by atoms with Gasteiger partial charge in [0.1, 0.15) is 5.82 Å². The van der Waals surface area contributed by atoms with E-state index in [1.165, 1.54) is 19.1 Å². The molecule has 1 heterocycles. The molecule has 1 aromatic rings. The molecule has 1 aliphatic heterocycles. The Balaban J connectivity index is 2.10. The van der Waals surface area contributed by atoms with Crippen molar-refractivity contribution in [3.05, 3.63) is 29.6 Å². The van der Waals surface area contributed by atoms with Crippen molar-refractivity contribution < 1.29 is 14.0 Å². The van der Waals surface area contributed by atoms with Crippen LogP contribution in [0.1, 0.15) is 30.1 Å². The number of likely N-dealkylation sites (tertiary alicyclic amines) is 1. The minimum absolute atomic E-state index is 0.0353. The lowest BCUT2D eigenvalue weighted by Crippen LogP contribution is -2.49. The van der Waals surface area contributed by atoms with E-state index in [2.05, 4.69) is 5.32 Å². The van der Waals surface area contributed by atoms with Crippen LogP contribution in [0.15, 0.2) is 18.2 Å². The molecular weight excluding hydrogens is 261 g/mol. The summed E-state index contributed by atoms with van der Waals surface area (Å²) in [5.74, 6) is -0.794.